The zero-order valence-electron chi connectivity index (χ0n) is 30.1. The molecule has 0 bridgehead atoms. The van der Waals surface area contributed by atoms with Gasteiger partial charge in [0, 0.05) is 65.6 Å². The standard InChI is InChI=1S/C51H31N3OS/c1-2-10-34(11-3-1)43-31-44(54-51(53-43)37-13-8-12-36(30-37)32-26-28-52-29-27-32)35-22-20-33(21-23-35)38-24-25-40(49-41-14-4-6-17-45(41)55-50(38)49)39-16-9-19-47-48(39)42-15-5-7-18-46(42)56-47/h1-31H. The number of nitrogens with zero attached hydrogens (tertiary/aromatic N) is 3. The van der Waals surface area contributed by atoms with Crippen molar-refractivity contribution in [2.75, 3.05) is 0 Å². The SMILES string of the molecule is c1ccc(-c2cc(-c3ccc(-c4ccc(-c5cccc6sc7ccccc7c56)c5c4oc4ccccc45)cc3)nc(-c3cccc(-c4ccncc4)c3)n2)cc1. The van der Waals surface area contributed by atoms with Gasteiger partial charge in [0.1, 0.15) is 11.2 Å². The minimum atomic E-state index is 0.675. The van der Waals surface area contributed by atoms with Crippen molar-refractivity contribution in [2.24, 2.45) is 0 Å². The molecule has 7 aromatic carbocycles. The Kier molecular flexibility index (Phi) is 7.64. The van der Waals surface area contributed by atoms with E-state index in [0.717, 1.165) is 72.3 Å². The highest BCUT2D eigenvalue weighted by molar-refractivity contribution is 7.25. The number of furan rings is 1. The number of benzene rings is 7. The molecule has 0 saturated heterocycles. The van der Waals surface area contributed by atoms with Crippen molar-refractivity contribution in [3.8, 4) is 67.3 Å². The highest BCUT2D eigenvalue weighted by Crippen LogP contribution is 2.46. The Morgan fingerprint density at radius 3 is 1.86 bits per heavy atom. The normalized spacial score (nSPS) is 11.6. The average molecular weight is 734 g/mol. The molecule has 0 aliphatic rings. The van der Waals surface area contributed by atoms with Crippen LogP contribution in [-0.2, 0) is 0 Å². The van der Waals surface area contributed by atoms with Crippen LogP contribution in [0.2, 0.25) is 0 Å². The van der Waals surface area contributed by atoms with Crippen LogP contribution in [0.4, 0.5) is 0 Å². The molecule has 0 spiro atoms. The first-order valence-electron chi connectivity index (χ1n) is 18.7. The fourth-order valence-electron chi connectivity index (χ4n) is 7.96. The second kappa shape index (κ2) is 13.3. The summed E-state index contributed by atoms with van der Waals surface area (Å²) >= 11 is 1.85. The quantitative estimate of drug-likeness (QED) is 0.171. The molecule has 4 nitrogen and oxygen atoms in total. The Labute approximate surface area is 327 Å². The third kappa shape index (κ3) is 5.48. The Morgan fingerprint density at radius 1 is 0.393 bits per heavy atom. The molecule has 56 heavy (non-hydrogen) atoms. The maximum absolute atomic E-state index is 6.75. The Hall–Kier alpha value is -7.21. The lowest BCUT2D eigenvalue weighted by Crippen LogP contribution is -1.96. The first-order chi connectivity index (χ1) is 27.7. The predicted octanol–water partition coefficient (Wildman–Crippen LogP) is 14.1. The summed E-state index contributed by atoms with van der Waals surface area (Å²) in [4.78, 5) is 14.4. The lowest BCUT2D eigenvalue weighted by molar-refractivity contribution is 0.670. The summed E-state index contributed by atoms with van der Waals surface area (Å²) in [6, 6.07) is 61.7. The molecular weight excluding hydrogens is 703 g/mol. The zero-order valence-corrected chi connectivity index (χ0v) is 30.9. The van der Waals surface area contributed by atoms with E-state index in [2.05, 4.69) is 145 Å². The van der Waals surface area contributed by atoms with Crippen LogP contribution in [0, 0.1) is 0 Å². The van der Waals surface area contributed by atoms with E-state index in [1.54, 1.807) is 0 Å². The number of hydrogen-bond acceptors (Lipinski definition) is 5. The third-order valence-corrected chi connectivity index (χ3v) is 11.8. The first kappa shape index (κ1) is 32.2. The van der Waals surface area contributed by atoms with Gasteiger partial charge in [-0.05, 0) is 76.3 Å². The van der Waals surface area contributed by atoms with Gasteiger partial charge < -0.3 is 4.42 Å². The molecule has 5 heteroatoms. The van der Waals surface area contributed by atoms with Crippen molar-refractivity contribution < 1.29 is 4.42 Å². The summed E-state index contributed by atoms with van der Waals surface area (Å²) in [6.45, 7) is 0. The molecule has 0 unspecified atom stereocenters. The summed E-state index contributed by atoms with van der Waals surface area (Å²) < 4.78 is 9.33. The minimum Gasteiger partial charge on any atom is -0.455 e. The van der Waals surface area contributed by atoms with E-state index < -0.39 is 0 Å². The van der Waals surface area contributed by atoms with E-state index in [4.69, 9.17) is 14.4 Å². The lowest BCUT2D eigenvalue weighted by Gasteiger charge is -2.12. The van der Waals surface area contributed by atoms with Gasteiger partial charge in [-0.2, -0.15) is 0 Å². The molecule has 4 aromatic heterocycles. The third-order valence-electron chi connectivity index (χ3n) is 10.6. The maximum atomic E-state index is 6.75. The summed E-state index contributed by atoms with van der Waals surface area (Å²) in [5.41, 5.74) is 13.2. The van der Waals surface area contributed by atoms with Gasteiger partial charge in [-0.3, -0.25) is 4.98 Å². The molecule has 0 saturated carbocycles. The molecule has 11 rings (SSSR count). The smallest absolute Gasteiger partial charge is 0.160 e. The summed E-state index contributed by atoms with van der Waals surface area (Å²) in [5.74, 6) is 0.675. The Morgan fingerprint density at radius 2 is 1.02 bits per heavy atom. The second-order valence-electron chi connectivity index (χ2n) is 14.0. The van der Waals surface area contributed by atoms with Gasteiger partial charge in [-0.15, -0.1) is 11.3 Å². The van der Waals surface area contributed by atoms with Crippen molar-refractivity contribution in [2.45, 2.75) is 0 Å². The van der Waals surface area contributed by atoms with E-state index in [-0.39, 0.29) is 0 Å². The van der Waals surface area contributed by atoms with E-state index >= 15 is 0 Å². The van der Waals surface area contributed by atoms with Crippen LogP contribution in [0.3, 0.4) is 0 Å². The highest BCUT2D eigenvalue weighted by Gasteiger charge is 2.20. The topological polar surface area (TPSA) is 51.8 Å². The van der Waals surface area contributed by atoms with E-state index in [0.29, 0.717) is 5.82 Å². The van der Waals surface area contributed by atoms with Crippen molar-refractivity contribution in [3.05, 3.63) is 188 Å². The Bertz CT molecular complexity index is 3240. The van der Waals surface area contributed by atoms with Gasteiger partial charge in [-0.1, -0.05) is 127 Å². The number of rotatable bonds is 6. The van der Waals surface area contributed by atoms with E-state index in [1.807, 2.05) is 60.1 Å². The number of para-hydroxylation sites is 1. The number of aromatic nitrogens is 3. The van der Waals surface area contributed by atoms with Gasteiger partial charge in [0.2, 0.25) is 0 Å². The molecule has 0 aliphatic heterocycles. The van der Waals surface area contributed by atoms with Gasteiger partial charge in [0.25, 0.3) is 0 Å². The van der Waals surface area contributed by atoms with Crippen molar-refractivity contribution in [1.82, 2.24) is 15.0 Å². The molecule has 0 amide bonds. The summed E-state index contributed by atoms with van der Waals surface area (Å²) in [7, 11) is 0. The van der Waals surface area contributed by atoms with Gasteiger partial charge in [0.05, 0.1) is 11.4 Å². The van der Waals surface area contributed by atoms with Crippen LogP contribution in [-0.4, -0.2) is 15.0 Å². The maximum Gasteiger partial charge on any atom is 0.160 e. The van der Waals surface area contributed by atoms with E-state index in [9.17, 15) is 0 Å². The Balaban J connectivity index is 1.04. The number of thiophene rings is 1. The van der Waals surface area contributed by atoms with Crippen molar-refractivity contribution in [3.63, 3.8) is 0 Å². The zero-order chi connectivity index (χ0) is 37.0. The highest BCUT2D eigenvalue weighted by atomic mass is 32.1. The van der Waals surface area contributed by atoms with Gasteiger partial charge in [0.15, 0.2) is 5.82 Å². The molecule has 0 fully saturated rings. The molecule has 0 radical (unpaired) electrons. The van der Waals surface area contributed by atoms with Crippen LogP contribution < -0.4 is 0 Å². The molecule has 0 aliphatic carbocycles. The lowest BCUT2D eigenvalue weighted by atomic mass is 9.92. The number of hydrogen-bond donors (Lipinski definition) is 0. The van der Waals surface area contributed by atoms with Crippen LogP contribution in [0.5, 0.6) is 0 Å². The molecule has 4 heterocycles. The number of pyridine rings is 1. The van der Waals surface area contributed by atoms with Crippen molar-refractivity contribution >= 4 is 53.4 Å². The largest absolute Gasteiger partial charge is 0.455 e. The van der Waals surface area contributed by atoms with Crippen LogP contribution in [0.25, 0.3) is 109 Å². The van der Waals surface area contributed by atoms with Gasteiger partial charge in [-0.25, -0.2) is 9.97 Å². The summed E-state index contributed by atoms with van der Waals surface area (Å²) in [6.07, 6.45) is 3.63. The minimum absolute atomic E-state index is 0.675. The molecular formula is C51H31N3OS. The van der Waals surface area contributed by atoms with Gasteiger partial charge >= 0.3 is 0 Å². The molecule has 0 atom stereocenters. The summed E-state index contributed by atoms with van der Waals surface area (Å²) in [5, 5.41) is 4.82. The molecule has 262 valence electrons. The number of fused-ring (bicyclic) bond motifs is 6. The average Bonchev–Trinajstić information content (AvgIpc) is 3.86. The second-order valence-corrected chi connectivity index (χ2v) is 15.0. The van der Waals surface area contributed by atoms with Crippen molar-refractivity contribution in [1.29, 1.82) is 0 Å². The molecule has 11 aromatic rings. The van der Waals surface area contributed by atoms with Crippen LogP contribution in [0.15, 0.2) is 193 Å². The monoisotopic (exact) mass is 733 g/mol. The van der Waals surface area contributed by atoms with E-state index in [1.165, 1.54) is 31.3 Å². The first-order valence-corrected chi connectivity index (χ1v) is 19.5. The van der Waals surface area contributed by atoms with Crippen LogP contribution >= 0.6 is 11.3 Å². The molecule has 0 N–H and O–H groups in total. The predicted molar refractivity (Wildman–Crippen MR) is 233 cm³/mol. The fraction of sp³-hybridized carbons (Fsp3) is 0. The fourth-order valence-corrected chi connectivity index (χ4v) is 9.10. The van der Waals surface area contributed by atoms with Crippen LogP contribution in [0.1, 0.15) is 0 Å².